The summed E-state index contributed by atoms with van der Waals surface area (Å²) in [6, 6.07) is 14.0. The summed E-state index contributed by atoms with van der Waals surface area (Å²) in [5, 5.41) is 9.03. The Morgan fingerprint density at radius 1 is 1.10 bits per heavy atom. The summed E-state index contributed by atoms with van der Waals surface area (Å²) in [6.45, 7) is 4.70. The zero-order chi connectivity index (χ0) is 14.1. The van der Waals surface area contributed by atoms with Crippen molar-refractivity contribution in [2.24, 2.45) is 0 Å². The van der Waals surface area contributed by atoms with Gasteiger partial charge in [-0.3, -0.25) is 4.90 Å². The first kappa shape index (κ1) is 12.9. The summed E-state index contributed by atoms with van der Waals surface area (Å²) in [5.41, 5.74) is 5.31. The molecule has 0 saturated carbocycles. The van der Waals surface area contributed by atoms with Crippen molar-refractivity contribution in [2.45, 2.75) is 26.6 Å². The number of benzene rings is 2. The summed E-state index contributed by atoms with van der Waals surface area (Å²) in [5.74, 6) is -0.857. The SMILES string of the molecule is Cc1ccc(CN2Cc3ccc(C(=O)O)cc3C2)cc1. The van der Waals surface area contributed by atoms with Crippen LogP contribution in [-0.2, 0) is 19.6 Å². The Kier molecular flexibility index (Phi) is 3.28. The van der Waals surface area contributed by atoms with Gasteiger partial charge in [0.2, 0.25) is 0 Å². The van der Waals surface area contributed by atoms with Gasteiger partial charge in [0.1, 0.15) is 0 Å². The van der Waals surface area contributed by atoms with Gasteiger partial charge in [-0.15, -0.1) is 0 Å². The standard InChI is InChI=1S/C17H17NO2/c1-12-2-4-13(5-3-12)9-18-10-15-7-6-14(17(19)20)8-16(15)11-18/h2-8H,9-11H2,1H3,(H,19,20). The van der Waals surface area contributed by atoms with Gasteiger partial charge in [-0.1, -0.05) is 35.9 Å². The highest BCUT2D eigenvalue weighted by Gasteiger charge is 2.20. The number of carboxylic acids is 1. The third-order valence-electron chi connectivity index (χ3n) is 3.77. The molecule has 1 aliphatic heterocycles. The number of carbonyl (C=O) groups is 1. The molecule has 1 aliphatic rings. The lowest BCUT2D eigenvalue weighted by Gasteiger charge is -2.14. The van der Waals surface area contributed by atoms with Crippen LogP contribution in [0.15, 0.2) is 42.5 Å². The molecule has 0 aromatic heterocycles. The topological polar surface area (TPSA) is 40.5 Å². The summed E-state index contributed by atoms with van der Waals surface area (Å²) in [6.07, 6.45) is 0. The van der Waals surface area contributed by atoms with Crippen molar-refractivity contribution in [3.63, 3.8) is 0 Å². The molecule has 0 spiro atoms. The third-order valence-corrected chi connectivity index (χ3v) is 3.77. The van der Waals surface area contributed by atoms with Gasteiger partial charge in [0.25, 0.3) is 0 Å². The van der Waals surface area contributed by atoms with Gasteiger partial charge in [-0.05, 0) is 35.7 Å². The van der Waals surface area contributed by atoms with Crippen molar-refractivity contribution in [1.82, 2.24) is 4.90 Å². The van der Waals surface area contributed by atoms with Crippen molar-refractivity contribution in [1.29, 1.82) is 0 Å². The van der Waals surface area contributed by atoms with E-state index in [1.807, 2.05) is 6.07 Å². The average Bonchev–Trinajstić information content (AvgIpc) is 2.82. The van der Waals surface area contributed by atoms with E-state index in [0.29, 0.717) is 5.56 Å². The Hall–Kier alpha value is -2.13. The van der Waals surface area contributed by atoms with Gasteiger partial charge in [0.05, 0.1) is 5.56 Å². The molecule has 0 aliphatic carbocycles. The van der Waals surface area contributed by atoms with E-state index in [0.717, 1.165) is 25.2 Å². The minimum atomic E-state index is -0.857. The lowest BCUT2D eigenvalue weighted by molar-refractivity contribution is 0.0696. The summed E-state index contributed by atoms with van der Waals surface area (Å²) in [7, 11) is 0. The maximum Gasteiger partial charge on any atom is 0.335 e. The number of rotatable bonds is 3. The Labute approximate surface area is 118 Å². The average molecular weight is 267 g/mol. The van der Waals surface area contributed by atoms with Crippen LogP contribution < -0.4 is 0 Å². The largest absolute Gasteiger partial charge is 0.478 e. The number of hydrogen-bond acceptors (Lipinski definition) is 2. The van der Waals surface area contributed by atoms with E-state index in [9.17, 15) is 4.79 Å². The number of hydrogen-bond donors (Lipinski definition) is 1. The van der Waals surface area contributed by atoms with Crippen LogP contribution in [0.5, 0.6) is 0 Å². The number of aromatic carboxylic acids is 1. The number of nitrogens with zero attached hydrogens (tertiary/aromatic N) is 1. The van der Waals surface area contributed by atoms with Crippen molar-refractivity contribution < 1.29 is 9.90 Å². The van der Waals surface area contributed by atoms with Crippen molar-refractivity contribution in [3.8, 4) is 0 Å². The first-order valence-electron chi connectivity index (χ1n) is 6.75. The maximum atomic E-state index is 11.0. The quantitative estimate of drug-likeness (QED) is 0.928. The van der Waals surface area contributed by atoms with Crippen LogP contribution in [0.1, 0.15) is 32.6 Å². The van der Waals surface area contributed by atoms with Crippen LogP contribution in [0.3, 0.4) is 0 Å². The highest BCUT2D eigenvalue weighted by Crippen LogP contribution is 2.25. The van der Waals surface area contributed by atoms with Gasteiger partial charge in [0.15, 0.2) is 0 Å². The molecule has 0 amide bonds. The second kappa shape index (κ2) is 5.10. The van der Waals surface area contributed by atoms with Gasteiger partial charge in [0, 0.05) is 19.6 Å². The van der Waals surface area contributed by atoms with Gasteiger partial charge >= 0.3 is 5.97 Å². The number of fused-ring (bicyclic) bond motifs is 1. The Bertz CT molecular complexity index is 647. The molecule has 2 aromatic carbocycles. The molecule has 0 bridgehead atoms. The molecule has 3 heteroatoms. The maximum absolute atomic E-state index is 11.0. The molecule has 3 rings (SSSR count). The molecule has 0 unspecified atom stereocenters. The van der Waals surface area contributed by atoms with Gasteiger partial charge in [-0.25, -0.2) is 4.79 Å². The molecule has 0 fully saturated rings. The van der Waals surface area contributed by atoms with Gasteiger partial charge < -0.3 is 5.11 Å². The lowest BCUT2D eigenvalue weighted by Crippen LogP contribution is -2.15. The van der Waals surface area contributed by atoms with Crippen LogP contribution in [-0.4, -0.2) is 16.0 Å². The fraction of sp³-hybridized carbons (Fsp3) is 0.235. The van der Waals surface area contributed by atoms with E-state index >= 15 is 0 Å². The molecule has 102 valence electrons. The van der Waals surface area contributed by atoms with Gasteiger partial charge in [-0.2, -0.15) is 0 Å². The molecule has 1 heterocycles. The summed E-state index contributed by atoms with van der Waals surface area (Å²) >= 11 is 0. The minimum Gasteiger partial charge on any atom is -0.478 e. The Balaban J connectivity index is 1.73. The van der Waals surface area contributed by atoms with E-state index in [4.69, 9.17) is 5.11 Å². The molecule has 0 radical (unpaired) electrons. The molecule has 1 N–H and O–H groups in total. The molecule has 2 aromatic rings. The second-order valence-electron chi connectivity index (χ2n) is 5.42. The molecule has 20 heavy (non-hydrogen) atoms. The molecule has 3 nitrogen and oxygen atoms in total. The monoisotopic (exact) mass is 267 g/mol. The molecular weight excluding hydrogens is 250 g/mol. The summed E-state index contributed by atoms with van der Waals surface area (Å²) in [4.78, 5) is 13.3. The van der Waals surface area contributed by atoms with E-state index in [-0.39, 0.29) is 0 Å². The zero-order valence-corrected chi connectivity index (χ0v) is 11.5. The number of carboxylic acid groups (broad SMARTS) is 1. The van der Waals surface area contributed by atoms with E-state index < -0.39 is 5.97 Å². The first-order valence-corrected chi connectivity index (χ1v) is 6.75. The fourth-order valence-corrected chi connectivity index (χ4v) is 2.66. The summed E-state index contributed by atoms with van der Waals surface area (Å²) < 4.78 is 0. The second-order valence-corrected chi connectivity index (χ2v) is 5.42. The Morgan fingerprint density at radius 3 is 2.50 bits per heavy atom. The minimum absolute atomic E-state index is 0.376. The van der Waals surface area contributed by atoms with Crippen molar-refractivity contribution in [3.05, 3.63) is 70.3 Å². The fourth-order valence-electron chi connectivity index (χ4n) is 2.66. The molecular formula is C17H17NO2. The predicted molar refractivity (Wildman–Crippen MR) is 77.5 cm³/mol. The van der Waals surface area contributed by atoms with E-state index in [2.05, 4.69) is 36.1 Å². The molecule has 0 atom stereocenters. The van der Waals surface area contributed by atoms with E-state index in [1.165, 1.54) is 16.7 Å². The first-order chi connectivity index (χ1) is 9.61. The smallest absolute Gasteiger partial charge is 0.335 e. The predicted octanol–water partition coefficient (Wildman–Crippen LogP) is 3.21. The van der Waals surface area contributed by atoms with E-state index in [1.54, 1.807) is 12.1 Å². The Morgan fingerprint density at radius 2 is 1.80 bits per heavy atom. The van der Waals surface area contributed by atoms with Crippen LogP contribution in [0.25, 0.3) is 0 Å². The number of aryl methyl sites for hydroxylation is 1. The van der Waals surface area contributed by atoms with Crippen molar-refractivity contribution in [2.75, 3.05) is 0 Å². The zero-order valence-electron chi connectivity index (χ0n) is 11.5. The highest BCUT2D eigenvalue weighted by atomic mass is 16.4. The van der Waals surface area contributed by atoms with Crippen LogP contribution in [0.4, 0.5) is 0 Å². The van der Waals surface area contributed by atoms with Crippen LogP contribution in [0.2, 0.25) is 0 Å². The van der Waals surface area contributed by atoms with Crippen LogP contribution >= 0.6 is 0 Å². The van der Waals surface area contributed by atoms with Crippen LogP contribution in [0, 0.1) is 6.92 Å². The molecule has 0 saturated heterocycles. The third kappa shape index (κ3) is 2.58. The van der Waals surface area contributed by atoms with Crippen molar-refractivity contribution >= 4 is 5.97 Å². The lowest BCUT2D eigenvalue weighted by atomic mass is 10.1. The highest BCUT2D eigenvalue weighted by molar-refractivity contribution is 5.87. The normalized spacial score (nSPS) is 14.2.